The minimum atomic E-state index is 0.0254. The maximum atomic E-state index is 13.4. The summed E-state index contributed by atoms with van der Waals surface area (Å²) in [6, 6.07) is 14.0. The van der Waals surface area contributed by atoms with E-state index >= 15 is 0 Å². The van der Waals surface area contributed by atoms with Gasteiger partial charge in [0.25, 0.3) is 5.56 Å². The Balaban J connectivity index is 2.22. The van der Waals surface area contributed by atoms with E-state index in [-0.39, 0.29) is 5.56 Å². The fourth-order valence-corrected chi connectivity index (χ4v) is 4.02. The normalized spacial score (nSPS) is 13.2. The minimum absolute atomic E-state index is 0.0254. The predicted molar refractivity (Wildman–Crippen MR) is 97.5 cm³/mol. The molecule has 0 atom stereocenters. The van der Waals surface area contributed by atoms with Crippen molar-refractivity contribution in [3.63, 3.8) is 0 Å². The Morgan fingerprint density at radius 2 is 1.83 bits per heavy atom. The van der Waals surface area contributed by atoms with Gasteiger partial charge < -0.3 is 4.74 Å². The summed E-state index contributed by atoms with van der Waals surface area (Å²) in [6.07, 6.45) is 4.03. The molecule has 1 heterocycles. The molecule has 0 spiro atoms. The highest BCUT2D eigenvalue weighted by molar-refractivity contribution is 5.94. The van der Waals surface area contributed by atoms with Gasteiger partial charge in [0, 0.05) is 11.4 Å². The molecule has 2 aromatic carbocycles. The van der Waals surface area contributed by atoms with Crippen LogP contribution in [-0.4, -0.2) is 11.7 Å². The molecule has 0 radical (unpaired) electrons. The largest absolute Gasteiger partial charge is 0.496 e. The van der Waals surface area contributed by atoms with Crippen LogP contribution in [-0.2, 0) is 19.3 Å². The third-order valence-corrected chi connectivity index (χ3v) is 5.03. The maximum absolute atomic E-state index is 13.4. The van der Waals surface area contributed by atoms with Crippen molar-refractivity contribution in [3.8, 4) is 11.4 Å². The van der Waals surface area contributed by atoms with Crippen LogP contribution >= 0.6 is 0 Å². The van der Waals surface area contributed by atoms with Crippen LogP contribution in [0.2, 0.25) is 0 Å². The minimum Gasteiger partial charge on any atom is -0.496 e. The summed E-state index contributed by atoms with van der Waals surface area (Å²) < 4.78 is 7.42. The second kappa shape index (κ2) is 5.82. The molecule has 0 saturated heterocycles. The van der Waals surface area contributed by atoms with Gasteiger partial charge >= 0.3 is 0 Å². The van der Waals surface area contributed by atoms with E-state index < -0.39 is 0 Å². The zero-order valence-corrected chi connectivity index (χ0v) is 14.1. The van der Waals surface area contributed by atoms with Gasteiger partial charge in [0.2, 0.25) is 0 Å². The zero-order valence-electron chi connectivity index (χ0n) is 14.1. The van der Waals surface area contributed by atoms with Gasteiger partial charge in [-0.3, -0.25) is 9.36 Å². The quantitative estimate of drug-likeness (QED) is 0.729. The standard InChI is InChI=1S/C21H21NO2/c1-3-17-16-11-7-8-14-12-13-18(24-2)20(19(14)16)21(23)22(17)15-9-5-4-6-10-15/h4-6,9-10,12-13H,3,7-8,11H2,1-2H3. The Bertz CT molecular complexity index is 971. The third-order valence-electron chi connectivity index (χ3n) is 5.03. The first-order chi connectivity index (χ1) is 11.8. The van der Waals surface area contributed by atoms with Gasteiger partial charge in [0.15, 0.2) is 0 Å². The summed E-state index contributed by atoms with van der Waals surface area (Å²) in [5, 5.41) is 1.86. The van der Waals surface area contributed by atoms with Gasteiger partial charge in [-0.2, -0.15) is 0 Å². The molecule has 3 heteroatoms. The number of hydrogen-bond donors (Lipinski definition) is 0. The van der Waals surface area contributed by atoms with Crippen LogP contribution in [0.25, 0.3) is 16.5 Å². The molecule has 0 amide bonds. The molecule has 0 N–H and O–H groups in total. The molecule has 24 heavy (non-hydrogen) atoms. The fourth-order valence-electron chi connectivity index (χ4n) is 4.02. The van der Waals surface area contributed by atoms with E-state index in [2.05, 4.69) is 13.0 Å². The molecule has 0 aliphatic heterocycles. The topological polar surface area (TPSA) is 31.2 Å². The Kier molecular flexibility index (Phi) is 3.64. The number of ether oxygens (including phenoxy) is 1. The molecule has 1 aliphatic rings. The number of nitrogens with zero attached hydrogens (tertiary/aromatic N) is 1. The Labute approximate surface area is 141 Å². The SMILES string of the molecule is CCc1c2c3c(ccc(OC)c3c(=O)n1-c1ccccc1)CCC2. The van der Waals surface area contributed by atoms with Crippen LogP contribution in [0.1, 0.15) is 30.2 Å². The lowest BCUT2D eigenvalue weighted by Crippen LogP contribution is -2.26. The van der Waals surface area contributed by atoms with Gasteiger partial charge in [-0.15, -0.1) is 0 Å². The lowest BCUT2D eigenvalue weighted by molar-refractivity contribution is 0.419. The number of rotatable bonds is 3. The predicted octanol–water partition coefficient (Wildman–Crippen LogP) is 4.05. The van der Waals surface area contributed by atoms with Crippen molar-refractivity contribution in [3.05, 3.63) is 69.6 Å². The van der Waals surface area contributed by atoms with Crippen molar-refractivity contribution in [1.82, 2.24) is 4.57 Å². The lowest BCUT2D eigenvalue weighted by Gasteiger charge is -2.24. The molecule has 3 aromatic rings. The van der Waals surface area contributed by atoms with Gasteiger partial charge in [0.05, 0.1) is 12.5 Å². The van der Waals surface area contributed by atoms with Crippen molar-refractivity contribution >= 4 is 10.8 Å². The molecule has 0 saturated carbocycles. The van der Waals surface area contributed by atoms with Gasteiger partial charge in [-0.25, -0.2) is 0 Å². The van der Waals surface area contributed by atoms with E-state index in [0.29, 0.717) is 5.75 Å². The maximum Gasteiger partial charge on any atom is 0.266 e. The number of methoxy groups -OCH3 is 1. The molecule has 1 aromatic heterocycles. The third kappa shape index (κ3) is 2.08. The smallest absolute Gasteiger partial charge is 0.266 e. The molecule has 3 nitrogen and oxygen atoms in total. The van der Waals surface area contributed by atoms with E-state index in [4.69, 9.17) is 4.74 Å². The van der Waals surface area contributed by atoms with Crippen molar-refractivity contribution in [2.45, 2.75) is 32.6 Å². The summed E-state index contributed by atoms with van der Waals surface area (Å²) in [7, 11) is 1.64. The second-order valence-electron chi connectivity index (χ2n) is 6.29. The first-order valence-electron chi connectivity index (χ1n) is 8.58. The van der Waals surface area contributed by atoms with E-state index in [1.165, 1.54) is 11.1 Å². The number of aromatic nitrogens is 1. The zero-order chi connectivity index (χ0) is 16.7. The fraction of sp³-hybridized carbons (Fsp3) is 0.286. The number of para-hydroxylation sites is 1. The second-order valence-corrected chi connectivity index (χ2v) is 6.29. The van der Waals surface area contributed by atoms with Crippen molar-refractivity contribution in [2.24, 2.45) is 0 Å². The van der Waals surface area contributed by atoms with Crippen molar-refractivity contribution in [2.75, 3.05) is 7.11 Å². The molecule has 0 fully saturated rings. The van der Waals surface area contributed by atoms with Gasteiger partial charge in [-0.1, -0.05) is 31.2 Å². The average molecular weight is 319 g/mol. The average Bonchev–Trinajstić information content (AvgIpc) is 2.64. The first kappa shape index (κ1) is 15.0. The monoisotopic (exact) mass is 319 g/mol. The number of hydrogen-bond acceptors (Lipinski definition) is 2. The number of aryl methyl sites for hydroxylation is 2. The number of pyridine rings is 1. The van der Waals surface area contributed by atoms with Crippen LogP contribution < -0.4 is 10.3 Å². The highest BCUT2D eigenvalue weighted by Gasteiger charge is 2.23. The van der Waals surface area contributed by atoms with Crippen LogP contribution in [0.5, 0.6) is 5.75 Å². The van der Waals surface area contributed by atoms with E-state index in [0.717, 1.165) is 47.8 Å². The van der Waals surface area contributed by atoms with Crippen LogP contribution in [0.3, 0.4) is 0 Å². The molecule has 0 unspecified atom stereocenters. The molecular formula is C21H21NO2. The van der Waals surface area contributed by atoms with Crippen molar-refractivity contribution < 1.29 is 4.74 Å². The molecule has 0 bridgehead atoms. The van der Waals surface area contributed by atoms with Gasteiger partial charge in [0.1, 0.15) is 5.75 Å². The van der Waals surface area contributed by atoms with E-state index in [9.17, 15) is 4.79 Å². The first-order valence-corrected chi connectivity index (χ1v) is 8.58. The highest BCUT2D eigenvalue weighted by Crippen LogP contribution is 2.35. The summed E-state index contributed by atoms with van der Waals surface area (Å²) in [5.41, 5.74) is 4.68. The van der Waals surface area contributed by atoms with Crippen molar-refractivity contribution in [1.29, 1.82) is 0 Å². The molecule has 4 rings (SSSR count). The Morgan fingerprint density at radius 3 is 2.54 bits per heavy atom. The van der Waals surface area contributed by atoms with Crippen LogP contribution in [0, 0.1) is 0 Å². The van der Waals surface area contributed by atoms with Gasteiger partial charge in [-0.05, 0) is 60.4 Å². The Hall–Kier alpha value is -2.55. The summed E-state index contributed by atoms with van der Waals surface area (Å²) >= 11 is 0. The van der Waals surface area contributed by atoms with Crippen LogP contribution in [0.4, 0.5) is 0 Å². The summed E-state index contributed by atoms with van der Waals surface area (Å²) in [5.74, 6) is 0.675. The molecule has 1 aliphatic carbocycles. The summed E-state index contributed by atoms with van der Waals surface area (Å²) in [6.45, 7) is 2.13. The van der Waals surface area contributed by atoms with E-state index in [1.54, 1.807) is 7.11 Å². The summed E-state index contributed by atoms with van der Waals surface area (Å²) in [4.78, 5) is 13.4. The number of benzene rings is 2. The van der Waals surface area contributed by atoms with Crippen LogP contribution in [0.15, 0.2) is 47.3 Å². The molecule has 122 valence electrons. The van der Waals surface area contributed by atoms with E-state index in [1.807, 2.05) is 41.0 Å². The highest BCUT2D eigenvalue weighted by atomic mass is 16.5. The lowest BCUT2D eigenvalue weighted by atomic mass is 9.87. The Morgan fingerprint density at radius 1 is 1.04 bits per heavy atom. The molecular weight excluding hydrogens is 298 g/mol.